The van der Waals surface area contributed by atoms with Crippen molar-refractivity contribution >= 4 is 5.97 Å². The molecule has 0 heterocycles. The molecule has 0 aromatic carbocycles. The van der Waals surface area contributed by atoms with Gasteiger partial charge in [-0.15, -0.1) is 0 Å². The van der Waals surface area contributed by atoms with Gasteiger partial charge >= 0.3 is 5.97 Å². The largest absolute Gasteiger partial charge is 0.466 e. The summed E-state index contributed by atoms with van der Waals surface area (Å²) in [6.07, 6.45) is 6.77. The molecule has 0 fully saturated rings. The van der Waals surface area contributed by atoms with E-state index in [4.69, 9.17) is 4.74 Å². The van der Waals surface area contributed by atoms with Crippen LogP contribution in [-0.4, -0.2) is 12.6 Å². The summed E-state index contributed by atoms with van der Waals surface area (Å²) in [4.78, 5) is 10.9. The molecule has 0 atom stereocenters. The highest BCUT2D eigenvalue weighted by atomic mass is 16.5. The Morgan fingerprint density at radius 2 is 2.33 bits per heavy atom. The standard InChI is InChI=1S/C10H17O2/c1-3-5-7-8-10(11)12-9-6-4-2/h3,5H,1,4,6-9H2,2H3/b5-3+. The van der Waals surface area contributed by atoms with Crippen LogP contribution in [0.4, 0.5) is 0 Å². The van der Waals surface area contributed by atoms with Crippen molar-refractivity contribution in [3.05, 3.63) is 19.1 Å². The van der Waals surface area contributed by atoms with Crippen LogP contribution in [0.5, 0.6) is 0 Å². The first-order valence-electron chi connectivity index (χ1n) is 4.41. The van der Waals surface area contributed by atoms with Crippen molar-refractivity contribution in [1.82, 2.24) is 0 Å². The Hall–Kier alpha value is -0.790. The van der Waals surface area contributed by atoms with Crippen molar-refractivity contribution in [2.24, 2.45) is 0 Å². The number of carbonyl (C=O) groups excluding carboxylic acids is 1. The minimum Gasteiger partial charge on any atom is -0.466 e. The van der Waals surface area contributed by atoms with E-state index in [1.165, 1.54) is 0 Å². The van der Waals surface area contributed by atoms with E-state index in [1.54, 1.807) is 6.08 Å². The molecule has 0 saturated carbocycles. The van der Waals surface area contributed by atoms with Crippen LogP contribution < -0.4 is 0 Å². The highest BCUT2D eigenvalue weighted by Gasteiger charge is 1.98. The van der Waals surface area contributed by atoms with Crippen molar-refractivity contribution < 1.29 is 9.53 Å². The minimum atomic E-state index is -0.110. The second-order valence-electron chi connectivity index (χ2n) is 2.58. The number of unbranched alkanes of at least 4 members (excludes halogenated alkanes) is 1. The maximum atomic E-state index is 10.9. The van der Waals surface area contributed by atoms with E-state index >= 15 is 0 Å². The molecular formula is C10H17O2. The minimum absolute atomic E-state index is 0.110. The van der Waals surface area contributed by atoms with E-state index in [1.807, 2.05) is 6.08 Å². The van der Waals surface area contributed by atoms with Gasteiger partial charge in [0.1, 0.15) is 0 Å². The highest BCUT2D eigenvalue weighted by molar-refractivity contribution is 5.69. The van der Waals surface area contributed by atoms with Crippen molar-refractivity contribution in [3.8, 4) is 0 Å². The van der Waals surface area contributed by atoms with Crippen LogP contribution in [0.2, 0.25) is 0 Å². The maximum absolute atomic E-state index is 10.9. The SMILES string of the molecule is [CH2]/C=C/CCC(=O)OCCCC. The molecule has 0 aromatic rings. The van der Waals surface area contributed by atoms with Gasteiger partial charge in [0.25, 0.3) is 0 Å². The zero-order valence-corrected chi connectivity index (χ0v) is 7.71. The van der Waals surface area contributed by atoms with Crippen LogP contribution in [0.3, 0.4) is 0 Å². The average Bonchev–Trinajstić information content (AvgIpc) is 2.06. The number of ether oxygens (including phenoxy) is 1. The van der Waals surface area contributed by atoms with Crippen LogP contribution in [0.15, 0.2) is 12.2 Å². The predicted octanol–water partition coefficient (Wildman–Crippen LogP) is 2.50. The number of hydrogen-bond donors (Lipinski definition) is 0. The molecule has 0 saturated heterocycles. The first-order valence-corrected chi connectivity index (χ1v) is 4.41. The number of allylic oxidation sites excluding steroid dienone is 2. The molecule has 1 radical (unpaired) electrons. The molecule has 0 spiro atoms. The van der Waals surface area contributed by atoms with E-state index in [-0.39, 0.29) is 5.97 Å². The summed E-state index contributed by atoms with van der Waals surface area (Å²) in [6.45, 7) is 6.15. The summed E-state index contributed by atoms with van der Waals surface area (Å²) >= 11 is 0. The zero-order valence-electron chi connectivity index (χ0n) is 7.71. The van der Waals surface area contributed by atoms with E-state index in [2.05, 4.69) is 13.8 Å². The smallest absolute Gasteiger partial charge is 0.306 e. The molecule has 69 valence electrons. The Kier molecular flexibility index (Phi) is 7.76. The Bertz CT molecular complexity index is 139. The quantitative estimate of drug-likeness (QED) is 0.451. The maximum Gasteiger partial charge on any atom is 0.306 e. The Labute approximate surface area is 74.6 Å². The van der Waals surface area contributed by atoms with Gasteiger partial charge in [0, 0.05) is 6.42 Å². The third kappa shape index (κ3) is 7.32. The molecule has 0 aliphatic heterocycles. The number of esters is 1. The topological polar surface area (TPSA) is 26.3 Å². The van der Waals surface area contributed by atoms with Gasteiger partial charge in [0.2, 0.25) is 0 Å². The molecule has 0 bridgehead atoms. The fourth-order valence-electron chi connectivity index (χ4n) is 0.722. The third-order valence-electron chi connectivity index (χ3n) is 1.44. The summed E-state index contributed by atoms with van der Waals surface area (Å²) in [5.41, 5.74) is 0. The lowest BCUT2D eigenvalue weighted by Gasteiger charge is -2.01. The van der Waals surface area contributed by atoms with Gasteiger partial charge in [-0.1, -0.05) is 25.5 Å². The first kappa shape index (κ1) is 11.2. The second kappa shape index (κ2) is 8.31. The number of hydrogen-bond acceptors (Lipinski definition) is 2. The number of carbonyl (C=O) groups is 1. The Morgan fingerprint density at radius 3 is 2.92 bits per heavy atom. The van der Waals surface area contributed by atoms with Crippen LogP contribution >= 0.6 is 0 Å². The molecule has 0 amide bonds. The fourth-order valence-corrected chi connectivity index (χ4v) is 0.722. The lowest BCUT2D eigenvalue weighted by molar-refractivity contribution is -0.143. The van der Waals surface area contributed by atoms with Crippen LogP contribution in [0.1, 0.15) is 32.6 Å². The molecule has 2 heteroatoms. The van der Waals surface area contributed by atoms with Crippen LogP contribution in [-0.2, 0) is 9.53 Å². The summed E-state index contributed by atoms with van der Waals surface area (Å²) < 4.78 is 4.94. The van der Waals surface area contributed by atoms with Gasteiger partial charge in [-0.05, 0) is 19.8 Å². The average molecular weight is 169 g/mol. The van der Waals surface area contributed by atoms with E-state index in [0.717, 1.165) is 19.3 Å². The van der Waals surface area contributed by atoms with Gasteiger partial charge in [-0.2, -0.15) is 0 Å². The fraction of sp³-hybridized carbons (Fsp3) is 0.600. The molecule has 0 aliphatic rings. The van der Waals surface area contributed by atoms with Gasteiger partial charge < -0.3 is 4.74 Å². The molecule has 2 nitrogen and oxygen atoms in total. The summed E-state index contributed by atoms with van der Waals surface area (Å²) in [6, 6.07) is 0. The molecule has 12 heavy (non-hydrogen) atoms. The number of rotatable bonds is 6. The lowest BCUT2D eigenvalue weighted by atomic mass is 10.3. The van der Waals surface area contributed by atoms with Crippen molar-refractivity contribution in [2.75, 3.05) is 6.61 Å². The second-order valence-corrected chi connectivity index (χ2v) is 2.58. The highest BCUT2D eigenvalue weighted by Crippen LogP contribution is 1.96. The van der Waals surface area contributed by atoms with E-state index < -0.39 is 0 Å². The normalized spacial score (nSPS) is 10.5. The lowest BCUT2D eigenvalue weighted by Crippen LogP contribution is -2.04. The first-order chi connectivity index (χ1) is 5.81. The van der Waals surface area contributed by atoms with Crippen LogP contribution in [0, 0.1) is 6.92 Å². The molecule has 0 aliphatic carbocycles. The molecule has 0 aromatic heterocycles. The third-order valence-corrected chi connectivity index (χ3v) is 1.44. The summed E-state index contributed by atoms with van der Waals surface area (Å²) in [5, 5.41) is 0. The van der Waals surface area contributed by atoms with Gasteiger partial charge in [-0.3, -0.25) is 4.79 Å². The van der Waals surface area contributed by atoms with Gasteiger partial charge in [-0.25, -0.2) is 0 Å². The van der Waals surface area contributed by atoms with Gasteiger partial charge in [0.05, 0.1) is 6.61 Å². The molecule has 0 unspecified atom stereocenters. The Morgan fingerprint density at radius 1 is 1.58 bits per heavy atom. The van der Waals surface area contributed by atoms with Crippen molar-refractivity contribution in [3.63, 3.8) is 0 Å². The predicted molar refractivity (Wildman–Crippen MR) is 49.6 cm³/mol. The molecule has 0 rings (SSSR count). The summed E-state index contributed by atoms with van der Waals surface area (Å²) in [5.74, 6) is -0.110. The molecular weight excluding hydrogens is 152 g/mol. The zero-order chi connectivity index (χ0) is 9.23. The molecule has 0 N–H and O–H groups in total. The van der Waals surface area contributed by atoms with Gasteiger partial charge in [0.15, 0.2) is 0 Å². The van der Waals surface area contributed by atoms with E-state index in [0.29, 0.717) is 13.0 Å². The Balaban J connectivity index is 3.21. The van der Waals surface area contributed by atoms with E-state index in [9.17, 15) is 4.79 Å². The van der Waals surface area contributed by atoms with Crippen LogP contribution in [0.25, 0.3) is 0 Å². The van der Waals surface area contributed by atoms with Crippen molar-refractivity contribution in [1.29, 1.82) is 0 Å². The monoisotopic (exact) mass is 169 g/mol. The summed E-state index contributed by atoms with van der Waals surface area (Å²) in [7, 11) is 0. The van der Waals surface area contributed by atoms with Crippen molar-refractivity contribution in [2.45, 2.75) is 32.6 Å².